The van der Waals surface area contributed by atoms with Crippen molar-refractivity contribution in [1.82, 2.24) is 10.6 Å². The summed E-state index contributed by atoms with van der Waals surface area (Å²) in [7, 11) is 0. The van der Waals surface area contributed by atoms with E-state index in [0.717, 1.165) is 0 Å². The average molecular weight is 528 g/mol. The summed E-state index contributed by atoms with van der Waals surface area (Å²) in [5.74, 6) is 0.432. The van der Waals surface area contributed by atoms with Gasteiger partial charge in [-0.3, -0.25) is 4.99 Å². The number of nitrogens with one attached hydrogen (secondary N) is 2. The molecule has 0 spiro atoms. The third-order valence-electron chi connectivity index (χ3n) is 3.22. The molecule has 1 rings (SSSR count). The summed E-state index contributed by atoms with van der Waals surface area (Å²) in [4.78, 5) is 4.23. The van der Waals surface area contributed by atoms with E-state index < -0.39 is 18.7 Å². The second-order valence-electron chi connectivity index (χ2n) is 5.44. The van der Waals surface area contributed by atoms with E-state index in [1.54, 1.807) is 18.2 Å². The number of hydrogen-bond donors (Lipinski definition) is 3. The van der Waals surface area contributed by atoms with Gasteiger partial charge in [-0.1, -0.05) is 23.2 Å². The van der Waals surface area contributed by atoms with Crippen LogP contribution >= 0.6 is 47.2 Å². The van der Waals surface area contributed by atoms with Gasteiger partial charge in [-0.2, -0.15) is 13.2 Å². The quantitative estimate of drug-likeness (QED) is 0.194. The fraction of sp³-hybridized carbons (Fsp3) is 0.562. The molecule has 3 N–H and O–H groups in total. The summed E-state index contributed by atoms with van der Waals surface area (Å²) in [5.41, 5.74) is 0.544. The monoisotopic (exact) mass is 527 g/mol. The van der Waals surface area contributed by atoms with Crippen LogP contribution in [0.25, 0.3) is 0 Å². The zero-order chi connectivity index (χ0) is 18.9. The lowest BCUT2D eigenvalue weighted by molar-refractivity contribution is -0.135. The number of nitrogens with zero attached hydrogens (tertiary/aromatic N) is 1. The van der Waals surface area contributed by atoms with Crippen LogP contribution in [0.3, 0.4) is 0 Å². The first-order valence-corrected chi connectivity index (χ1v) is 8.70. The number of guanidine groups is 1. The smallest absolute Gasteiger partial charge is 0.386 e. The number of aliphatic hydroxyl groups is 1. The number of aliphatic imine (C=N–C) groups is 1. The molecule has 0 radical (unpaired) electrons. The summed E-state index contributed by atoms with van der Waals surface area (Å²) in [6.45, 7) is 2.89. The van der Waals surface area contributed by atoms with Gasteiger partial charge in [0.25, 0.3) is 0 Å². The Kier molecular flexibility index (Phi) is 12.6. The van der Waals surface area contributed by atoms with Crippen LogP contribution < -0.4 is 10.6 Å². The van der Waals surface area contributed by atoms with Crippen molar-refractivity contribution in [3.63, 3.8) is 0 Å². The molecular weight excluding hydrogens is 505 g/mol. The summed E-state index contributed by atoms with van der Waals surface area (Å²) in [5, 5.41) is 16.9. The van der Waals surface area contributed by atoms with Gasteiger partial charge in [-0.05, 0) is 43.5 Å². The number of rotatable bonds is 8. The number of benzene rings is 1. The second kappa shape index (κ2) is 12.9. The Balaban J connectivity index is 0.00000625. The average Bonchev–Trinajstić information content (AvgIpc) is 2.49. The van der Waals surface area contributed by atoms with Crippen molar-refractivity contribution in [2.24, 2.45) is 4.99 Å². The molecule has 0 aliphatic heterocycles. The molecule has 1 aromatic carbocycles. The Morgan fingerprint density at radius 2 is 1.77 bits per heavy atom. The van der Waals surface area contributed by atoms with Crippen LogP contribution in [0.2, 0.25) is 10.0 Å². The fourth-order valence-electron chi connectivity index (χ4n) is 2.05. The fourth-order valence-corrected chi connectivity index (χ4v) is 2.59. The van der Waals surface area contributed by atoms with Crippen molar-refractivity contribution < 1.29 is 18.3 Å². The van der Waals surface area contributed by atoms with Gasteiger partial charge in [0.05, 0.1) is 12.6 Å². The molecule has 0 saturated carbocycles. The first kappa shape index (κ1) is 25.6. The maximum atomic E-state index is 12.1. The first-order valence-electron chi connectivity index (χ1n) is 7.94. The molecule has 0 aliphatic rings. The van der Waals surface area contributed by atoms with E-state index in [1.807, 2.05) is 6.92 Å². The molecule has 26 heavy (non-hydrogen) atoms. The zero-order valence-corrected chi connectivity index (χ0v) is 18.1. The van der Waals surface area contributed by atoms with Crippen LogP contribution in [0.15, 0.2) is 23.2 Å². The van der Waals surface area contributed by atoms with Crippen molar-refractivity contribution in [2.75, 3.05) is 19.6 Å². The van der Waals surface area contributed by atoms with Gasteiger partial charge in [-0.15, -0.1) is 24.0 Å². The van der Waals surface area contributed by atoms with Gasteiger partial charge in [0.1, 0.15) is 0 Å². The third kappa shape index (κ3) is 11.3. The highest BCUT2D eigenvalue weighted by molar-refractivity contribution is 14.0. The lowest BCUT2D eigenvalue weighted by Gasteiger charge is -2.14. The van der Waals surface area contributed by atoms with Crippen LogP contribution in [0.1, 0.15) is 37.9 Å². The van der Waals surface area contributed by atoms with Gasteiger partial charge in [0, 0.05) is 29.6 Å². The van der Waals surface area contributed by atoms with E-state index in [-0.39, 0.29) is 36.9 Å². The Labute approximate surface area is 178 Å². The molecule has 0 bridgehead atoms. The molecule has 0 saturated heterocycles. The lowest BCUT2D eigenvalue weighted by Crippen LogP contribution is -2.38. The predicted octanol–water partition coefficient (Wildman–Crippen LogP) is 4.93. The second-order valence-corrected chi connectivity index (χ2v) is 6.31. The number of unbranched alkanes of at least 4 members (excludes halogenated alkanes) is 1. The molecule has 1 aromatic rings. The van der Waals surface area contributed by atoms with Crippen LogP contribution in [0.4, 0.5) is 13.2 Å². The Hall–Kier alpha value is -0.450. The third-order valence-corrected chi connectivity index (χ3v) is 3.65. The summed E-state index contributed by atoms with van der Waals surface area (Å²) < 4.78 is 36.3. The zero-order valence-electron chi connectivity index (χ0n) is 14.2. The molecule has 1 atom stereocenters. The highest BCUT2D eigenvalue weighted by Gasteiger charge is 2.25. The van der Waals surface area contributed by atoms with E-state index in [1.165, 1.54) is 0 Å². The largest absolute Gasteiger partial charge is 0.389 e. The number of halogens is 6. The maximum Gasteiger partial charge on any atom is 0.389 e. The highest BCUT2D eigenvalue weighted by Crippen LogP contribution is 2.24. The molecule has 0 heterocycles. The molecule has 150 valence electrons. The van der Waals surface area contributed by atoms with Crippen molar-refractivity contribution in [2.45, 2.75) is 38.5 Å². The molecule has 0 aromatic heterocycles. The van der Waals surface area contributed by atoms with Crippen molar-refractivity contribution in [1.29, 1.82) is 0 Å². The normalized spacial score (nSPS) is 13.1. The molecule has 0 amide bonds. The molecule has 10 heteroatoms. The summed E-state index contributed by atoms with van der Waals surface area (Å²) >= 11 is 11.8. The van der Waals surface area contributed by atoms with Gasteiger partial charge in [0.2, 0.25) is 0 Å². The van der Waals surface area contributed by atoms with Gasteiger partial charge in [-0.25, -0.2) is 0 Å². The van der Waals surface area contributed by atoms with E-state index in [4.69, 9.17) is 23.2 Å². The lowest BCUT2D eigenvalue weighted by atomic mass is 10.1. The minimum Gasteiger partial charge on any atom is -0.386 e. The first-order chi connectivity index (χ1) is 11.7. The predicted molar refractivity (Wildman–Crippen MR) is 111 cm³/mol. The van der Waals surface area contributed by atoms with Crippen molar-refractivity contribution >= 4 is 53.1 Å². The molecule has 0 aliphatic carbocycles. The standard InChI is InChI=1S/C16H22Cl2F3N3O.HI/c1-2-22-15(23-6-4-3-5-16(19,20)21)24-10-14(25)11-7-12(17)9-13(18)8-11;/h7-9,14,25H,2-6,10H2,1H3,(H2,22,23,24);1H. The van der Waals surface area contributed by atoms with E-state index in [9.17, 15) is 18.3 Å². The minimum atomic E-state index is -4.12. The van der Waals surface area contributed by atoms with Crippen molar-refractivity contribution in [3.05, 3.63) is 33.8 Å². The highest BCUT2D eigenvalue weighted by atomic mass is 127. The molecule has 0 fully saturated rings. The van der Waals surface area contributed by atoms with Crippen molar-refractivity contribution in [3.8, 4) is 0 Å². The van der Waals surface area contributed by atoms with Crippen LogP contribution in [0.5, 0.6) is 0 Å². The maximum absolute atomic E-state index is 12.1. The molecular formula is C16H23Cl2F3IN3O. The minimum absolute atomic E-state index is 0. The van der Waals surface area contributed by atoms with Gasteiger partial charge in [0.15, 0.2) is 5.96 Å². The molecule has 4 nitrogen and oxygen atoms in total. The SMILES string of the molecule is CCNC(=NCC(O)c1cc(Cl)cc(Cl)c1)NCCCCC(F)(F)F.I. The van der Waals surface area contributed by atoms with Crippen LogP contribution in [0, 0.1) is 0 Å². The number of alkyl halides is 3. The molecule has 1 unspecified atom stereocenters. The number of hydrogen-bond acceptors (Lipinski definition) is 2. The summed E-state index contributed by atoms with van der Waals surface area (Å²) in [6.07, 6.45) is -5.38. The summed E-state index contributed by atoms with van der Waals surface area (Å²) in [6, 6.07) is 4.77. The Morgan fingerprint density at radius 3 is 2.31 bits per heavy atom. The topological polar surface area (TPSA) is 56.7 Å². The van der Waals surface area contributed by atoms with Gasteiger partial charge < -0.3 is 15.7 Å². The van der Waals surface area contributed by atoms with E-state index in [0.29, 0.717) is 41.1 Å². The number of aliphatic hydroxyl groups excluding tert-OH is 1. The Morgan fingerprint density at radius 1 is 1.15 bits per heavy atom. The van der Waals surface area contributed by atoms with Gasteiger partial charge >= 0.3 is 6.18 Å². The van der Waals surface area contributed by atoms with Crippen LogP contribution in [-0.4, -0.2) is 36.9 Å². The van der Waals surface area contributed by atoms with E-state index >= 15 is 0 Å². The van der Waals surface area contributed by atoms with E-state index in [2.05, 4.69) is 15.6 Å². The van der Waals surface area contributed by atoms with Crippen LogP contribution in [-0.2, 0) is 0 Å². The Bertz CT molecular complexity index is 554.